The minimum atomic E-state index is -0.136. The molecule has 31 heavy (non-hydrogen) atoms. The van der Waals surface area contributed by atoms with Crippen LogP contribution in [0.1, 0.15) is 32.5 Å². The maximum absolute atomic E-state index is 11.6. The first-order valence-electron chi connectivity index (χ1n) is 10.5. The lowest BCUT2D eigenvalue weighted by Crippen LogP contribution is -2.39. The molecule has 0 saturated heterocycles. The number of nitrogens with one attached hydrogen (secondary N) is 3. The van der Waals surface area contributed by atoms with Crippen molar-refractivity contribution in [3.63, 3.8) is 0 Å². The smallest absolute Gasteiger partial charge is 0.314 e. The Bertz CT molecular complexity index is 1020. The second-order valence-electron chi connectivity index (χ2n) is 7.55. The maximum Gasteiger partial charge on any atom is 0.314 e. The van der Waals surface area contributed by atoms with Crippen molar-refractivity contribution in [1.82, 2.24) is 30.2 Å². The number of unbranched alkanes of at least 4 members (excludes halogenated alkanes) is 1. The van der Waals surface area contributed by atoms with Gasteiger partial charge in [-0.25, -0.2) is 9.78 Å². The molecule has 10 heteroatoms. The van der Waals surface area contributed by atoms with Gasteiger partial charge in [0.05, 0.1) is 17.6 Å². The van der Waals surface area contributed by atoms with E-state index in [1.165, 1.54) is 0 Å². The minimum Gasteiger partial charge on any atom is -0.491 e. The first kappa shape index (κ1) is 22.5. The van der Waals surface area contributed by atoms with Crippen LogP contribution in [0.25, 0.3) is 16.7 Å². The average Bonchev–Trinajstić information content (AvgIpc) is 3.12. The molecule has 2 heterocycles. The Morgan fingerprint density at radius 3 is 2.74 bits per heavy atom. The summed E-state index contributed by atoms with van der Waals surface area (Å²) in [6.07, 6.45) is 1.73. The summed E-state index contributed by atoms with van der Waals surface area (Å²) in [5, 5.41) is 17.5. The zero-order valence-corrected chi connectivity index (χ0v) is 18.6. The Labute approximate surface area is 181 Å². The van der Waals surface area contributed by atoms with Crippen LogP contribution in [0.4, 0.5) is 10.6 Å². The van der Waals surface area contributed by atoms with Crippen LogP contribution in [-0.2, 0) is 4.74 Å². The standard InChI is InChI=1S/C21H31N7O3/c1-14(2)24-21(29)23-10-6-5-9-22-19-20-27-26-15(3)28(20)18-8-7-16(13-17(18)25-19)31-12-11-30-4/h7-8,13-14H,5-6,9-12H2,1-4H3,(H,22,25)(H2,23,24,29). The number of urea groups is 1. The topological polar surface area (TPSA) is 115 Å². The van der Waals surface area contributed by atoms with Crippen molar-refractivity contribution < 1.29 is 14.3 Å². The SMILES string of the molecule is COCCOc1ccc2c(c1)nc(NCCCCNC(=O)NC(C)C)c1nnc(C)n12. The summed E-state index contributed by atoms with van der Waals surface area (Å²) in [5.41, 5.74) is 2.40. The Kier molecular flexibility index (Phi) is 7.82. The van der Waals surface area contributed by atoms with Crippen LogP contribution in [0.15, 0.2) is 18.2 Å². The number of hydrogen-bond donors (Lipinski definition) is 3. The van der Waals surface area contributed by atoms with Gasteiger partial charge in [0.1, 0.15) is 18.2 Å². The molecule has 3 N–H and O–H groups in total. The van der Waals surface area contributed by atoms with Gasteiger partial charge in [0, 0.05) is 32.3 Å². The fourth-order valence-electron chi connectivity index (χ4n) is 3.18. The van der Waals surface area contributed by atoms with Crippen molar-refractivity contribution >= 4 is 28.5 Å². The van der Waals surface area contributed by atoms with Gasteiger partial charge < -0.3 is 25.4 Å². The van der Waals surface area contributed by atoms with Crippen molar-refractivity contribution in [2.45, 2.75) is 39.7 Å². The minimum absolute atomic E-state index is 0.126. The first-order valence-corrected chi connectivity index (χ1v) is 10.5. The number of aryl methyl sites for hydroxylation is 1. The quantitative estimate of drug-likeness (QED) is 0.401. The van der Waals surface area contributed by atoms with Gasteiger partial charge in [-0.2, -0.15) is 0 Å². The van der Waals surface area contributed by atoms with E-state index in [4.69, 9.17) is 14.5 Å². The summed E-state index contributed by atoms with van der Waals surface area (Å²) < 4.78 is 12.7. The predicted molar refractivity (Wildman–Crippen MR) is 120 cm³/mol. The van der Waals surface area contributed by atoms with E-state index in [9.17, 15) is 4.79 Å². The predicted octanol–water partition coefficient (Wildman–Crippen LogP) is 2.51. The van der Waals surface area contributed by atoms with Gasteiger partial charge in [-0.05, 0) is 45.7 Å². The lowest BCUT2D eigenvalue weighted by atomic mass is 10.2. The van der Waals surface area contributed by atoms with Crippen LogP contribution in [-0.4, -0.2) is 65.1 Å². The summed E-state index contributed by atoms with van der Waals surface area (Å²) >= 11 is 0. The van der Waals surface area contributed by atoms with Gasteiger partial charge in [0.25, 0.3) is 0 Å². The highest BCUT2D eigenvalue weighted by atomic mass is 16.5. The molecule has 1 aromatic carbocycles. The lowest BCUT2D eigenvalue weighted by Gasteiger charge is -2.12. The van der Waals surface area contributed by atoms with Crippen LogP contribution in [0.5, 0.6) is 5.75 Å². The number of methoxy groups -OCH3 is 1. The molecule has 0 aliphatic rings. The number of anilines is 1. The van der Waals surface area contributed by atoms with Crippen LogP contribution in [0.3, 0.4) is 0 Å². The third-order valence-electron chi connectivity index (χ3n) is 4.61. The van der Waals surface area contributed by atoms with Gasteiger partial charge in [0.2, 0.25) is 5.65 Å². The Morgan fingerprint density at radius 1 is 1.16 bits per heavy atom. The third kappa shape index (κ3) is 5.94. The summed E-state index contributed by atoms with van der Waals surface area (Å²) in [6, 6.07) is 5.77. The fourth-order valence-corrected chi connectivity index (χ4v) is 3.18. The number of benzene rings is 1. The van der Waals surface area contributed by atoms with Crippen molar-refractivity contribution in [2.75, 3.05) is 38.7 Å². The highest BCUT2D eigenvalue weighted by Crippen LogP contribution is 2.25. The molecule has 0 atom stereocenters. The molecule has 0 radical (unpaired) electrons. The average molecular weight is 430 g/mol. The number of rotatable bonds is 11. The zero-order valence-electron chi connectivity index (χ0n) is 18.6. The van der Waals surface area contributed by atoms with E-state index < -0.39 is 0 Å². The molecule has 0 saturated carbocycles. The number of nitrogens with zero attached hydrogens (tertiary/aromatic N) is 4. The molecule has 10 nitrogen and oxygen atoms in total. The first-order chi connectivity index (χ1) is 15.0. The molecule has 0 aliphatic carbocycles. The van der Waals surface area contributed by atoms with Crippen LogP contribution in [0.2, 0.25) is 0 Å². The number of carbonyl (C=O) groups is 1. The molecular formula is C21H31N7O3. The largest absolute Gasteiger partial charge is 0.491 e. The van der Waals surface area contributed by atoms with Crippen molar-refractivity contribution in [3.05, 3.63) is 24.0 Å². The van der Waals surface area contributed by atoms with Gasteiger partial charge in [-0.1, -0.05) is 0 Å². The normalized spacial score (nSPS) is 11.3. The van der Waals surface area contributed by atoms with E-state index in [0.717, 1.165) is 35.4 Å². The molecule has 0 bridgehead atoms. The van der Waals surface area contributed by atoms with Crippen LogP contribution >= 0.6 is 0 Å². The van der Waals surface area contributed by atoms with Crippen molar-refractivity contribution in [3.8, 4) is 5.75 Å². The van der Waals surface area contributed by atoms with Gasteiger partial charge >= 0.3 is 6.03 Å². The fraction of sp³-hybridized carbons (Fsp3) is 0.524. The number of fused-ring (bicyclic) bond motifs is 3. The zero-order chi connectivity index (χ0) is 22.2. The molecule has 0 fully saturated rings. The van der Waals surface area contributed by atoms with Crippen molar-refractivity contribution in [1.29, 1.82) is 0 Å². The van der Waals surface area contributed by atoms with Gasteiger partial charge in [-0.3, -0.25) is 4.40 Å². The molecule has 0 aliphatic heterocycles. The molecule has 3 rings (SSSR count). The third-order valence-corrected chi connectivity index (χ3v) is 4.61. The summed E-state index contributed by atoms with van der Waals surface area (Å²) in [5.74, 6) is 2.20. The molecule has 3 aromatic rings. The molecule has 0 spiro atoms. The molecule has 0 unspecified atom stereocenters. The van der Waals surface area contributed by atoms with Gasteiger partial charge in [-0.15, -0.1) is 10.2 Å². The molecule has 168 valence electrons. The Balaban J connectivity index is 1.65. The van der Waals surface area contributed by atoms with E-state index in [1.54, 1.807) is 7.11 Å². The Hall–Kier alpha value is -3.14. The number of carbonyl (C=O) groups excluding carboxylic acids is 1. The second kappa shape index (κ2) is 10.8. The van der Waals surface area contributed by atoms with Crippen molar-refractivity contribution in [2.24, 2.45) is 0 Å². The highest BCUT2D eigenvalue weighted by Gasteiger charge is 2.13. The number of ether oxygens (including phenoxy) is 2. The van der Waals surface area contributed by atoms with E-state index >= 15 is 0 Å². The van der Waals surface area contributed by atoms with Crippen LogP contribution < -0.4 is 20.7 Å². The number of aromatic nitrogens is 4. The maximum atomic E-state index is 11.6. The van der Waals surface area contributed by atoms with E-state index in [1.807, 2.05) is 43.4 Å². The number of hydrogen-bond acceptors (Lipinski definition) is 7. The monoisotopic (exact) mass is 429 g/mol. The summed E-state index contributed by atoms with van der Waals surface area (Å²) in [7, 11) is 1.64. The molecule has 2 amide bonds. The van der Waals surface area contributed by atoms with E-state index in [-0.39, 0.29) is 12.1 Å². The summed E-state index contributed by atoms with van der Waals surface area (Å²) in [4.78, 5) is 16.4. The lowest BCUT2D eigenvalue weighted by molar-refractivity contribution is 0.146. The number of amides is 2. The van der Waals surface area contributed by atoms with Crippen LogP contribution in [0, 0.1) is 6.92 Å². The molecule has 2 aromatic heterocycles. The highest BCUT2D eigenvalue weighted by molar-refractivity contribution is 5.84. The molecular weight excluding hydrogens is 398 g/mol. The Morgan fingerprint density at radius 2 is 1.97 bits per heavy atom. The van der Waals surface area contributed by atoms with E-state index in [2.05, 4.69) is 26.1 Å². The second-order valence-corrected chi connectivity index (χ2v) is 7.55. The van der Waals surface area contributed by atoms with E-state index in [0.29, 0.717) is 37.8 Å². The van der Waals surface area contributed by atoms with Gasteiger partial charge in [0.15, 0.2) is 5.82 Å². The summed E-state index contributed by atoms with van der Waals surface area (Å²) in [6.45, 7) is 8.11.